The van der Waals surface area contributed by atoms with Crippen LogP contribution in [0.2, 0.25) is 0 Å². The van der Waals surface area contributed by atoms with Crippen molar-refractivity contribution in [3.8, 4) is 5.75 Å². The Morgan fingerprint density at radius 2 is 2.29 bits per heavy atom. The molecule has 114 valence electrons. The highest BCUT2D eigenvalue weighted by Gasteiger charge is 2.31. The molecule has 1 N–H and O–H groups in total. The lowest BCUT2D eigenvalue weighted by molar-refractivity contribution is -0.138. The normalized spacial score (nSPS) is 25.1. The molecule has 21 heavy (non-hydrogen) atoms. The number of ether oxygens (including phenoxy) is 1. The van der Waals surface area contributed by atoms with Crippen LogP contribution in [0.25, 0.3) is 0 Å². The molecule has 0 spiro atoms. The molecule has 0 bridgehead atoms. The van der Waals surface area contributed by atoms with E-state index in [0.717, 1.165) is 43.8 Å². The van der Waals surface area contributed by atoms with E-state index < -0.39 is 0 Å². The molecule has 3 rings (SSSR count). The highest BCUT2D eigenvalue weighted by Crippen LogP contribution is 2.28. The summed E-state index contributed by atoms with van der Waals surface area (Å²) in [6.45, 7) is 3.30. The Labute approximate surface area is 126 Å². The van der Waals surface area contributed by atoms with Crippen molar-refractivity contribution in [2.75, 3.05) is 33.3 Å². The van der Waals surface area contributed by atoms with Gasteiger partial charge in [-0.05, 0) is 50.4 Å². The van der Waals surface area contributed by atoms with Crippen molar-refractivity contribution < 1.29 is 9.53 Å². The first-order chi connectivity index (χ1) is 10.3. The van der Waals surface area contributed by atoms with E-state index in [4.69, 9.17) is 4.74 Å². The van der Waals surface area contributed by atoms with Crippen molar-refractivity contribution in [3.05, 3.63) is 29.8 Å². The van der Waals surface area contributed by atoms with Gasteiger partial charge in [0.2, 0.25) is 5.91 Å². The number of benzene rings is 1. The van der Waals surface area contributed by atoms with E-state index in [9.17, 15) is 4.79 Å². The third-order valence-electron chi connectivity index (χ3n) is 4.55. The summed E-state index contributed by atoms with van der Waals surface area (Å²) < 4.78 is 5.76. The number of para-hydroxylation sites is 1. The molecule has 1 fully saturated rings. The van der Waals surface area contributed by atoms with Gasteiger partial charge in [-0.1, -0.05) is 18.2 Å². The molecule has 0 radical (unpaired) electrons. The molecule has 1 amide bonds. The van der Waals surface area contributed by atoms with Crippen LogP contribution in [-0.4, -0.2) is 44.1 Å². The van der Waals surface area contributed by atoms with Gasteiger partial charge in [0, 0.05) is 13.1 Å². The van der Waals surface area contributed by atoms with Gasteiger partial charge in [-0.2, -0.15) is 0 Å². The van der Waals surface area contributed by atoms with E-state index >= 15 is 0 Å². The van der Waals surface area contributed by atoms with Crippen LogP contribution in [0, 0.1) is 11.8 Å². The predicted molar refractivity (Wildman–Crippen MR) is 82.4 cm³/mol. The van der Waals surface area contributed by atoms with E-state index in [-0.39, 0.29) is 11.8 Å². The third kappa shape index (κ3) is 3.21. The SMILES string of the molecule is CNCC1CCCN(C(=O)C2COc3ccccc3C2)C1. The zero-order valence-corrected chi connectivity index (χ0v) is 12.7. The summed E-state index contributed by atoms with van der Waals surface area (Å²) in [7, 11) is 1.98. The monoisotopic (exact) mass is 288 g/mol. The standard InChI is InChI=1S/C17H24N2O2/c1-18-10-13-5-4-8-19(11-13)17(20)15-9-14-6-2-3-7-16(14)21-12-15/h2-3,6-7,13,15,18H,4-5,8-12H2,1H3. The van der Waals surface area contributed by atoms with Gasteiger partial charge in [-0.15, -0.1) is 0 Å². The molecule has 0 saturated carbocycles. The number of rotatable bonds is 3. The van der Waals surface area contributed by atoms with Crippen LogP contribution in [0.5, 0.6) is 5.75 Å². The summed E-state index contributed by atoms with van der Waals surface area (Å²) in [6, 6.07) is 8.04. The fourth-order valence-electron chi connectivity index (χ4n) is 3.47. The molecule has 0 aromatic heterocycles. The van der Waals surface area contributed by atoms with E-state index in [2.05, 4.69) is 11.4 Å². The van der Waals surface area contributed by atoms with Gasteiger partial charge >= 0.3 is 0 Å². The van der Waals surface area contributed by atoms with Crippen molar-refractivity contribution in [1.29, 1.82) is 0 Å². The van der Waals surface area contributed by atoms with Gasteiger partial charge in [0.15, 0.2) is 0 Å². The first kappa shape index (κ1) is 14.4. The average molecular weight is 288 g/mol. The molecule has 4 nitrogen and oxygen atoms in total. The van der Waals surface area contributed by atoms with Crippen molar-refractivity contribution in [3.63, 3.8) is 0 Å². The molecule has 1 saturated heterocycles. The lowest BCUT2D eigenvalue weighted by Gasteiger charge is -2.36. The Morgan fingerprint density at radius 1 is 1.43 bits per heavy atom. The molecular weight excluding hydrogens is 264 g/mol. The third-order valence-corrected chi connectivity index (χ3v) is 4.55. The number of nitrogens with zero attached hydrogens (tertiary/aromatic N) is 1. The van der Waals surface area contributed by atoms with Crippen LogP contribution in [-0.2, 0) is 11.2 Å². The summed E-state index contributed by atoms with van der Waals surface area (Å²) in [5.41, 5.74) is 1.16. The van der Waals surface area contributed by atoms with Crippen LogP contribution in [0.4, 0.5) is 0 Å². The number of likely N-dealkylation sites (tertiary alicyclic amines) is 1. The molecule has 2 atom stereocenters. The highest BCUT2D eigenvalue weighted by molar-refractivity contribution is 5.80. The number of amides is 1. The Hall–Kier alpha value is -1.55. The molecule has 2 heterocycles. The second-order valence-electron chi connectivity index (χ2n) is 6.17. The van der Waals surface area contributed by atoms with Crippen LogP contribution in [0.1, 0.15) is 18.4 Å². The maximum absolute atomic E-state index is 12.7. The number of hydrogen-bond donors (Lipinski definition) is 1. The minimum atomic E-state index is -0.0202. The maximum Gasteiger partial charge on any atom is 0.229 e. The summed E-state index contributed by atoms with van der Waals surface area (Å²) in [4.78, 5) is 14.8. The van der Waals surface area contributed by atoms with Gasteiger partial charge in [0.25, 0.3) is 0 Å². The lowest BCUT2D eigenvalue weighted by atomic mass is 9.92. The lowest BCUT2D eigenvalue weighted by Crippen LogP contribution is -2.47. The van der Waals surface area contributed by atoms with Crippen molar-refractivity contribution in [1.82, 2.24) is 10.2 Å². The predicted octanol–water partition coefficient (Wildman–Crippen LogP) is 1.70. The van der Waals surface area contributed by atoms with Crippen LogP contribution >= 0.6 is 0 Å². The fourth-order valence-corrected chi connectivity index (χ4v) is 3.47. The second kappa shape index (κ2) is 6.48. The molecule has 2 unspecified atom stereocenters. The maximum atomic E-state index is 12.7. The average Bonchev–Trinajstić information content (AvgIpc) is 2.54. The number of nitrogens with one attached hydrogen (secondary N) is 1. The van der Waals surface area contributed by atoms with Gasteiger partial charge in [0.1, 0.15) is 12.4 Å². The molecule has 4 heteroatoms. The van der Waals surface area contributed by atoms with Crippen molar-refractivity contribution in [2.45, 2.75) is 19.3 Å². The number of carbonyl (C=O) groups excluding carboxylic acids is 1. The number of piperidine rings is 1. The second-order valence-corrected chi connectivity index (χ2v) is 6.17. The quantitative estimate of drug-likeness (QED) is 0.920. The minimum Gasteiger partial charge on any atom is -0.492 e. The number of carbonyl (C=O) groups is 1. The van der Waals surface area contributed by atoms with Crippen molar-refractivity contribution >= 4 is 5.91 Å². The summed E-state index contributed by atoms with van der Waals surface area (Å²) >= 11 is 0. The molecule has 1 aromatic rings. The Balaban J connectivity index is 1.63. The van der Waals surface area contributed by atoms with Crippen LogP contribution in [0.15, 0.2) is 24.3 Å². The zero-order valence-electron chi connectivity index (χ0n) is 12.7. The van der Waals surface area contributed by atoms with Gasteiger partial charge in [-0.25, -0.2) is 0 Å². The summed E-state index contributed by atoms with van der Waals surface area (Å²) in [5, 5.41) is 3.23. The van der Waals surface area contributed by atoms with E-state index in [1.54, 1.807) is 0 Å². The Kier molecular flexibility index (Phi) is 4.44. The van der Waals surface area contributed by atoms with E-state index in [1.807, 2.05) is 30.1 Å². The first-order valence-corrected chi connectivity index (χ1v) is 7.92. The first-order valence-electron chi connectivity index (χ1n) is 7.92. The Morgan fingerprint density at radius 3 is 3.14 bits per heavy atom. The molecule has 1 aromatic carbocycles. The highest BCUT2D eigenvalue weighted by atomic mass is 16.5. The van der Waals surface area contributed by atoms with E-state index in [1.165, 1.54) is 6.42 Å². The topological polar surface area (TPSA) is 41.6 Å². The Bertz CT molecular complexity index is 501. The van der Waals surface area contributed by atoms with Gasteiger partial charge in [0.05, 0.1) is 5.92 Å². The number of fused-ring (bicyclic) bond motifs is 1. The largest absolute Gasteiger partial charge is 0.492 e. The summed E-state index contributed by atoms with van der Waals surface area (Å²) in [6.07, 6.45) is 3.14. The minimum absolute atomic E-state index is 0.0202. The van der Waals surface area contributed by atoms with Crippen LogP contribution in [0.3, 0.4) is 0 Å². The van der Waals surface area contributed by atoms with E-state index in [0.29, 0.717) is 12.5 Å². The zero-order chi connectivity index (χ0) is 14.7. The molecule has 0 aliphatic carbocycles. The fraction of sp³-hybridized carbons (Fsp3) is 0.588. The molecule has 2 aliphatic rings. The molecular formula is C17H24N2O2. The smallest absolute Gasteiger partial charge is 0.229 e. The molecule has 2 aliphatic heterocycles. The van der Waals surface area contributed by atoms with Gasteiger partial charge < -0.3 is 15.0 Å². The van der Waals surface area contributed by atoms with Gasteiger partial charge in [-0.3, -0.25) is 4.79 Å². The summed E-state index contributed by atoms with van der Waals surface area (Å²) in [5.74, 6) is 1.77. The van der Waals surface area contributed by atoms with Crippen molar-refractivity contribution in [2.24, 2.45) is 11.8 Å². The van der Waals surface area contributed by atoms with Crippen LogP contribution < -0.4 is 10.1 Å². The number of hydrogen-bond acceptors (Lipinski definition) is 3.